The Morgan fingerprint density at radius 3 is 2.69 bits per heavy atom. The molecule has 72 valence electrons. The summed E-state index contributed by atoms with van der Waals surface area (Å²) in [6.45, 7) is 0. The van der Waals surface area contributed by atoms with Gasteiger partial charge in [0.1, 0.15) is 0 Å². The maximum absolute atomic E-state index is 9.67. The highest BCUT2D eigenvalue weighted by Crippen LogP contribution is 2.17. The van der Waals surface area contributed by atoms with Gasteiger partial charge in [-0.25, -0.2) is 0 Å². The van der Waals surface area contributed by atoms with Crippen molar-refractivity contribution >= 4 is 11.8 Å². The van der Waals surface area contributed by atoms with Crippen LogP contribution in [0.1, 0.15) is 11.7 Å². The summed E-state index contributed by atoms with van der Waals surface area (Å²) in [6, 6.07) is 9.66. The minimum Gasteiger partial charge on any atom is -0.388 e. The van der Waals surface area contributed by atoms with Crippen molar-refractivity contribution in [1.82, 2.24) is 0 Å². The van der Waals surface area contributed by atoms with Gasteiger partial charge in [0.2, 0.25) is 0 Å². The summed E-state index contributed by atoms with van der Waals surface area (Å²) in [5.41, 5.74) is 0.964. The van der Waals surface area contributed by atoms with E-state index >= 15 is 0 Å². The summed E-state index contributed by atoms with van der Waals surface area (Å²) in [7, 11) is 1.65. The first-order valence-electron chi connectivity index (χ1n) is 4.14. The topological polar surface area (TPSA) is 29.5 Å². The molecule has 0 radical (unpaired) electrons. The smallest absolute Gasteiger partial charge is 0.0918 e. The predicted molar refractivity (Wildman–Crippen MR) is 55.7 cm³/mol. The molecule has 0 bridgehead atoms. The third kappa shape index (κ3) is 3.81. The number of thioether (sulfide) groups is 1. The summed E-state index contributed by atoms with van der Waals surface area (Å²) in [4.78, 5) is 0. The van der Waals surface area contributed by atoms with Gasteiger partial charge in [0.05, 0.1) is 12.0 Å². The van der Waals surface area contributed by atoms with Crippen LogP contribution < -0.4 is 0 Å². The number of aliphatic hydroxyl groups is 1. The summed E-state index contributed by atoms with van der Waals surface area (Å²) in [6.07, 6.45) is -0.388. The predicted octanol–water partition coefficient (Wildman–Crippen LogP) is 2.06. The Bertz CT molecular complexity index is 226. The van der Waals surface area contributed by atoms with Crippen LogP contribution in [0.25, 0.3) is 0 Å². The molecule has 0 aliphatic rings. The Kier molecular flexibility index (Phi) is 4.90. The highest BCUT2D eigenvalue weighted by molar-refractivity contribution is 7.99. The maximum atomic E-state index is 9.67. The average Bonchev–Trinajstić information content (AvgIpc) is 2.19. The normalized spacial score (nSPS) is 12.8. The van der Waals surface area contributed by atoms with Crippen molar-refractivity contribution in [2.45, 2.75) is 6.10 Å². The second kappa shape index (κ2) is 6.02. The molecule has 0 fully saturated rings. The van der Waals surface area contributed by atoms with Crippen LogP contribution in [0.5, 0.6) is 0 Å². The molecule has 0 amide bonds. The molecule has 0 aliphatic carbocycles. The molecule has 0 aromatic heterocycles. The van der Waals surface area contributed by atoms with Gasteiger partial charge in [-0.1, -0.05) is 30.3 Å². The first-order chi connectivity index (χ1) is 6.34. The van der Waals surface area contributed by atoms with Gasteiger partial charge in [-0.3, -0.25) is 0 Å². The first-order valence-corrected chi connectivity index (χ1v) is 5.29. The van der Waals surface area contributed by atoms with Crippen molar-refractivity contribution in [1.29, 1.82) is 0 Å². The van der Waals surface area contributed by atoms with E-state index in [4.69, 9.17) is 4.74 Å². The lowest BCUT2D eigenvalue weighted by atomic mass is 10.1. The number of aliphatic hydroxyl groups excluding tert-OH is 1. The van der Waals surface area contributed by atoms with E-state index in [2.05, 4.69) is 0 Å². The van der Waals surface area contributed by atoms with Gasteiger partial charge >= 0.3 is 0 Å². The fourth-order valence-corrected chi connectivity index (χ4v) is 1.69. The minimum absolute atomic E-state index is 0.388. The molecule has 1 aromatic carbocycles. The van der Waals surface area contributed by atoms with E-state index in [0.717, 1.165) is 5.56 Å². The number of hydrogen-bond acceptors (Lipinski definition) is 3. The molecule has 1 unspecified atom stereocenters. The Balaban J connectivity index is 2.35. The number of rotatable bonds is 5. The third-order valence-corrected chi connectivity index (χ3v) is 2.62. The second-order valence-electron chi connectivity index (χ2n) is 2.70. The van der Waals surface area contributed by atoms with Crippen LogP contribution in [0.2, 0.25) is 0 Å². The summed E-state index contributed by atoms with van der Waals surface area (Å²) in [5, 5.41) is 9.67. The van der Waals surface area contributed by atoms with Gasteiger partial charge in [0.25, 0.3) is 0 Å². The fraction of sp³-hybridized carbons (Fsp3) is 0.400. The van der Waals surface area contributed by atoms with Crippen molar-refractivity contribution in [2.24, 2.45) is 0 Å². The number of methoxy groups -OCH3 is 1. The number of ether oxygens (including phenoxy) is 1. The van der Waals surface area contributed by atoms with Gasteiger partial charge in [-0.05, 0) is 5.56 Å². The summed E-state index contributed by atoms with van der Waals surface area (Å²) < 4.78 is 4.88. The molecule has 3 heteroatoms. The van der Waals surface area contributed by atoms with E-state index in [1.54, 1.807) is 18.9 Å². The molecule has 0 saturated carbocycles. The van der Waals surface area contributed by atoms with E-state index in [-0.39, 0.29) is 6.10 Å². The van der Waals surface area contributed by atoms with Crippen LogP contribution in [0.15, 0.2) is 30.3 Å². The summed E-state index contributed by atoms with van der Waals surface area (Å²) in [5.74, 6) is 1.31. The van der Waals surface area contributed by atoms with Crippen molar-refractivity contribution in [3.63, 3.8) is 0 Å². The molecule has 13 heavy (non-hydrogen) atoms. The van der Waals surface area contributed by atoms with Gasteiger partial charge < -0.3 is 9.84 Å². The van der Waals surface area contributed by atoms with Gasteiger partial charge in [-0.2, -0.15) is 0 Å². The maximum Gasteiger partial charge on any atom is 0.0918 e. The molecule has 1 aromatic rings. The Morgan fingerprint density at radius 1 is 1.38 bits per heavy atom. The fourth-order valence-electron chi connectivity index (χ4n) is 1.01. The molecule has 0 spiro atoms. The van der Waals surface area contributed by atoms with Crippen LogP contribution in [0, 0.1) is 0 Å². The molecule has 1 rings (SSSR count). The zero-order valence-electron chi connectivity index (χ0n) is 7.64. The van der Waals surface area contributed by atoms with Crippen molar-refractivity contribution in [3.8, 4) is 0 Å². The highest BCUT2D eigenvalue weighted by atomic mass is 32.2. The molecular weight excluding hydrogens is 184 g/mol. The first kappa shape index (κ1) is 10.6. The Labute approximate surface area is 82.9 Å². The van der Waals surface area contributed by atoms with Crippen LogP contribution >= 0.6 is 11.8 Å². The van der Waals surface area contributed by atoms with Crippen LogP contribution in [-0.2, 0) is 4.74 Å². The van der Waals surface area contributed by atoms with E-state index in [9.17, 15) is 5.11 Å². The van der Waals surface area contributed by atoms with Crippen molar-refractivity contribution in [2.75, 3.05) is 18.8 Å². The van der Waals surface area contributed by atoms with E-state index in [0.29, 0.717) is 11.7 Å². The zero-order valence-corrected chi connectivity index (χ0v) is 8.46. The van der Waals surface area contributed by atoms with Gasteiger partial charge in [0, 0.05) is 12.9 Å². The second-order valence-corrected chi connectivity index (χ2v) is 3.68. The van der Waals surface area contributed by atoms with Gasteiger partial charge in [-0.15, -0.1) is 11.8 Å². The van der Waals surface area contributed by atoms with Crippen molar-refractivity contribution in [3.05, 3.63) is 35.9 Å². The lowest BCUT2D eigenvalue weighted by molar-refractivity contribution is 0.202. The lowest BCUT2D eigenvalue weighted by Crippen LogP contribution is -2.01. The molecule has 0 aliphatic heterocycles. The van der Waals surface area contributed by atoms with E-state index in [1.165, 1.54) is 0 Å². The summed E-state index contributed by atoms with van der Waals surface area (Å²) >= 11 is 1.58. The average molecular weight is 198 g/mol. The van der Waals surface area contributed by atoms with Crippen LogP contribution in [0.3, 0.4) is 0 Å². The minimum atomic E-state index is -0.388. The SMILES string of the molecule is COCSCC(O)c1ccccc1. The molecule has 1 N–H and O–H groups in total. The lowest BCUT2D eigenvalue weighted by Gasteiger charge is -2.09. The van der Waals surface area contributed by atoms with Crippen LogP contribution in [-0.4, -0.2) is 23.9 Å². The van der Waals surface area contributed by atoms with Crippen LogP contribution in [0.4, 0.5) is 0 Å². The Hall–Kier alpha value is -0.510. The third-order valence-electron chi connectivity index (χ3n) is 1.66. The zero-order chi connectivity index (χ0) is 9.52. The molecular formula is C10H14O2S. The van der Waals surface area contributed by atoms with Gasteiger partial charge in [0.15, 0.2) is 0 Å². The molecule has 0 saturated heterocycles. The standard InChI is InChI=1S/C10H14O2S/c1-12-8-13-7-10(11)9-5-3-2-4-6-9/h2-6,10-11H,7-8H2,1H3. The Morgan fingerprint density at radius 2 is 2.08 bits per heavy atom. The molecule has 1 atom stereocenters. The molecule has 0 heterocycles. The molecule has 2 nitrogen and oxygen atoms in total. The van der Waals surface area contributed by atoms with E-state index < -0.39 is 0 Å². The quantitative estimate of drug-likeness (QED) is 0.580. The highest BCUT2D eigenvalue weighted by Gasteiger charge is 2.05. The number of hydrogen-bond donors (Lipinski definition) is 1. The monoisotopic (exact) mass is 198 g/mol. The number of benzene rings is 1. The van der Waals surface area contributed by atoms with E-state index in [1.807, 2.05) is 30.3 Å². The largest absolute Gasteiger partial charge is 0.388 e. The van der Waals surface area contributed by atoms with Crippen molar-refractivity contribution < 1.29 is 9.84 Å².